The number of hydrogen-bond acceptors (Lipinski definition) is 5. The van der Waals surface area contributed by atoms with E-state index in [-0.39, 0.29) is 17.3 Å². The maximum absolute atomic E-state index is 13.1. The van der Waals surface area contributed by atoms with E-state index >= 15 is 0 Å². The molecule has 0 saturated heterocycles. The van der Waals surface area contributed by atoms with Crippen LogP contribution in [-0.4, -0.2) is 22.1 Å². The van der Waals surface area contributed by atoms with Crippen molar-refractivity contribution in [2.45, 2.75) is 24.5 Å². The molecule has 0 saturated carbocycles. The number of benzene rings is 3. The topological polar surface area (TPSA) is 90.6 Å². The quantitative estimate of drug-likeness (QED) is 0.390. The van der Waals surface area contributed by atoms with Gasteiger partial charge in [0.15, 0.2) is 11.5 Å². The Hall–Kier alpha value is -2.46. The van der Waals surface area contributed by atoms with E-state index in [0.717, 1.165) is 21.2 Å². The highest BCUT2D eigenvalue weighted by atomic mass is 79.9. The molecule has 3 aromatic rings. The molecular weight excluding hydrogens is 499 g/mol. The Morgan fingerprint density at radius 3 is 2.28 bits per heavy atom. The second-order valence-electron chi connectivity index (χ2n) is 7.09. The summed E-state index contributed by atoms with van der Waals surface area (Å²) in [6.07, 6.45) is 0.707. The maximum Gasteiger partial charge on any atom is 0.238 e. The first-order valence-electron chi connectivity index (χ1n) is 9.83. The molecule has 3 rings (SSSR count). The first-order valence-corrected chi connectivity index (χ1v) is 12.2. The third kappa shape index (κ3) is 6.52. The molecule has 0 aliphatic carbocycles. The molecule has 9 heteroatoms. The van der Waals surface area contributed by atoms with Gasteiger partial charge >= 0.3 is 0 Å². The Morgan fingerprint density at radius 2 is 1.66 bits per heavy atom. The van der Waals surface area contributed by atoms with E-state index in [0.29, 0.717) is 31.0 Å². The fraction of sp³-hybridized carbons (Fsp3) is 0.217. The Kier molecular flexibility index (Phi) is 8.25. The van der Waals surface area contributed by atoms with Gasteiger partial charge < -0.3 is 14.8 Å². The van der Waals surface area contributed by atoms with Crippen LogP contribution in [0.15, 0.2) is 70.0 Å². The fourth-order valence-corrected chi connectivity index (χ4v) is 4.06. The maximum atomic E-state index is 13.1. The molecule has 32 heavy (non-hydrogen) atoms. The number of primary sulfonamides is 1. The van der Waals surface area contributed by atoms with Crippen molar-refractivity contribution < 1.29 is 22.3 Å². The highest BCUT2D eigenvalue weighted by Gasteiger charge is 2.15. The lowest BCUT2D eigenvalue weighted by atomic mass is 10.1. The summed E-state index contributed by atoms with van der Waals surface area (Å²) in [4.78, 5) is 0.0949. The van der Waals surface area contributed by atoms with Crippen LogP contribution in [0.5, 0.6) is 11.5 Å². The minimum atomic E-state index is -3.69. The summed E-state index contributed by atoms with van der Waals surface area (Å²) in [6, 6.07) is 16.4. The van der Waals surface area contributed by atoms with Crippen LogP contribution in [0.3, 0.4) is 0 Å². The lowest BCUT2D eigenvalue weighted by Crippen LogP contribution is -2.18. The van der Waals surface area contributed by atoms with Crippen LogP contribution in [0.1, 0.15) is 16.7 Å². The predicted molar refractivity (Wildman–Crippen MR) is 125 cm³/mol. The van der Waals surface area contributed by atoms with Crippen molar-refractivity contribution >= 4 is 26.0 Å². The molecule has 0 aliphatic rings. The molecular formula is C23H24BrFN2O4S. The Balaban J connectivity index is 1.64. The van der Waals surface area contributed by atoms with Gasteiger partial charge in [-0.15, -0.1) is 0 Å². The Labute approximate surface area is 195 Å². The number of nitrogens with two attached hydrogens (primary N) is 1. The van der Waals surface area contributed by atoms with Crippen molar-refractivity contribution in [3.63, 3.8) is 0 Å². The van der Waals surface area contributed by atoms with Crippen molar-refractivity contribution in [1.82, 2.24) is 5.32 Å². The fourth-order valence-electron chi connectivity index (χ4n) is 3.09. The zero-order chi connectivity index (χ0) is 23.1. The Morgan fingerprint density at radius 1 is 1.00 bits per heavy atom. The van der Waals surface area contributed by atoms with Gasteiger partial charge in [0.1, 0.15) is 12.4 Å². The van der Waals surface area contributed by atoms with Crippen LogP contribution >= 0.6 is 15.9 Å². The minimum absolute atomic E-state index is 0.0949. The minimum Gasteiger partial charge on any atom is -0.493 e. The van der Waals surface area contributed by atoms with Gasteiger partial charge in [-0.05, 0) is 60.5 Å². The highest BCUT2D eigenvalue weighted by Crippen LogP contribution is 2.36. The van der Waals surface area contributed by atoms with Gasteiger partial charge in [-0.1, -0.05) is 40.2 Å². The summed E-state index contributed by atoms with van der Waals surface area (Å²) < 4.78 is 48.2. The molecule has 0 atom stereocenters. The molecule has 0 spiro atoms. The molecule has 0 unspecified atom stereocenters. The van der Waals surface area contributed by atoms with Crippen LogP contribution in [-0.2, 0) is 29.6 Å². The molecule has 6 nitrogen and oxygen atoms in total. The SMILES string of the molecule is COc1ccc(Br)c(CNCCc2ccc(S(N)(=O)=O)cc2)c1OCc1ccc(F)cc1. The van der Waals surface area contributed by atoms with Gasteiger partial charge in [0.2, 0.25) is 10.0 Å². The standard InChI is InChI=1S/C23H24BrFN2O4S/c1-30-22-11-10-21(24)20(23(22)31-15-17-2-6-18(25)7-3-17)14-27-13-12-16-4-8-19(9-5-16)32(26,28)29/h2-11,27H,12-15H2,1H3,(H2,26,28,29). The van der Waals surface area contributed by atoms with E-state index < -0.39 is 10.0 Å². The molecule has 170 valence electrons. The Bertz CT molecular complexity index is 1150. The van der Waals surface area contributed by atoms with Gasteiger partial charge in [0.25, 0.3) is 0 Å². The van der Waals surface area contributed by atoms with Crippen molar-refractivity contribution in [2.24, 2.45) is 5.14 Å². The van der Waals surface area contributed by atoms with Gasteiger partial charge in [-0.25, -0.2) is 17.9 Å². The number of halogens is 2. The van der Waals surface area contributed by atoms with Gasteiger partial charge in [-0.2, -0.15) is 0 Å². The molecule has 0 amide bonds. The predicted octanol–water partition coefficient (Wildman–Crippen LogP) is 4.16. The van der Waals surface area contributed by atoms with Crippen molar-refractivity contribution in [3.05, 3.63) is 87.6 Å². The number of methoxy groups -OCH3 is 1. The summed E-state index contributed by atoms with van der Waals surface area (Å²) in [7, 11) is -2.11. The third-order valence-electron chi connectivity index (χ3n) is 4.83. The third-order valence-corrected chi connectivity index (χ3v) is 6.50. The van der Waals surface area contributed by atoms with Gasteiger partial charge in [0.05, 0.1) is 12.0 Å². The zero-order valence-corrected chi connectivity index (χ0v) is 19.9. The average molecular weight is 523 g/mol. The average Bonchev–Trinajstić information content (AvgIpc) is 2.77. The summed E-state index contributed by atoms with van der Waals surface area (Å²) in [6.45, 7) is 1.46. The highest BCUT2D eigenvalue weighted by molar-refractivity contribution is 9.10. The lowest BCUT2D eigenvalue weighted by molar-refractivity contribution is 0.280. The summed E-state index contributed by atoms with van der Waals surface area (Å²) in [5.74, 6) is 0.917. The first kappa shape index (κ1) is 24.2. The summed E-state index contributed by atoms with van der Waals surface area (Å²) in [5, 5.41) is 8.51. The van der Waals surface area contributed by atoms with Crippen LogP contribution in [0.2, 0.25) is 0 Å². The lowest BCUT2D eigenvalue weighted by Gasteiger charge is -2.17. The second kappa shape index (κ2) is 10.9. The normalized spacial score (nSPS) is 11.4. The van der Waals surface area contributed by atoms with E-state index in [2.05, 4.69) is 21.2 Å². The van der Waals surface area contributed by atoms with Crippen LogP contribution in [0.25, 0.3) is 0 Å². The second-order valence-corrected chi connectivity index (χ2v) is 9.50. The van der Waals surface area contributed by atoms with Crippen LogP contribution < -0.4 is 19.9 Å². The van der Waals surface area contributed by atoms with Crippen molar-refractivity contribution in [3.8, 4) is 11.5 Å². The number of hydrogen-bond donors (Lipinski definition) is 2. The van der Waals surface area contributed by atoms with E-state index in [9.17, 15) is 12.8 Å². The largest absolute Gasteiger partial charge is 0.493 e. The number of ether oxygens (including phenoxy) is 2. The summed E-state index contributed by atoms with van der Waals surface area (Å²) >= 11 is 3.58. The smallest absolute Gasteiger partial charge is 0.238 e. The summed E-state index contributed by atoms with van der Waals surface area (Å²) in [5.41, 5.74) is 2.73. The number of nitrogens with one attached hydrogen (secondary N) is 1. The first-order chi connectivity index (χ1) is 15.3. The number of rotatable bonds is 10. The van der Waals surface area contributed by atoms with E-state index in [1.54, 1.807) is 31.4 Å². The van der Waals surface area contributed by atoms with E-state index in [4.69, 9.17) is 14.6 Å². The van der Waals surface area contributed by atoms with E-state index in [1.807, 2.05) is 12.1 Å². The molecule has 0 aliphatic heterocycles. The van der Waals surface area contributed by atoms with Crippen LogP contribution in [0, 0.1) is 5.82 Å². The molecule has 0 bridgehead atoms. The molecule has 3 aromatic carbocycles. The number of sulfonamides is 1. The zero-order valence-electron chi connectivity index (χ0n) is 17.5. The van der Waals surface area contributed by atoms with Gasteiger partial charge in [0, 0.05) is 16.6 Å². The van der Waals surface area contributed by atoms with Crippen LogP contribution in [0.4, 0.5) is 4.39 Å². The molecule has 3 N–H and O–H groups in total. The van der Waals surface area contributed by atoms with Gasteiger partial charge in [-0.3, -0.25) is 0 Å². The van der Waals surface area contributed by atoms with Crippen molar-refractivity contribution in [1.29, 1.82) is 0 Å². The van der Waals surface area contributed by atoms with E-state index in [1.165, 1.54) is 24.3 Å². The molecule has 0 fully saturated rings. The van der Waals surface area contributed by atoms with Crippen molar-refractivity contribution in [2.75, 3.05) is 13.7 Å². The molecule has 0 radical (unpaired) electrons. The molecule has 0 heterocycles. The monoisotopic (exact) mass is 522 g/mol. The molecule has 0 aromatic heterocycles.